The molecule has 0 aliphatic carbocycles. The number of likely N-dealkylation sites (N-methyl/N-ethyl adjacent to an activating group) is 1. The maximum Gasteiger partial charge on any atom is 0.361 e. The standard InChI is InChI=1S/C67H127NO8/c1-6-8-10-12-14-16-18-20-22-24-26-28-29-30-31-32-33-34-35-36-37-38-40-42-44-46-48-50-52-54-56-58-65(70)76-63(62-75-67(66(71)72)73-60-59-68(3,4)5)61-74-64(69)57-55-53-51-49-47-45-43-41-39-27-25-23-21-19-17-15-13-11-9-7-2/h18,20,24,26,63,67H,6-17,19,21-23,25,27-62H2,1-5H3/p+1/b20-18-,26-24-. The van der Waals surface area contributed by atoms with E-state index in [-0.39, 0.29) is 38.2 Å². The molecule has 0 bridgehead atoms. The van der Waals surface area contributed by atoms with Gasteiger partial charge >= 0.3 is 17.9 Å². The van der Waals surface area contributed by atoms with Crippen molar-refractivity contribution in [3.63, 3.8) is 0 Å². The zero-order valence-electron chi connectivity index (χ0n) is 51.2. The van der Waals surface area contributed by atoms with Crippen molar-refractivity contribution in [2.75, 3.05) is 47.5 Å². The molecule has 0 saturated heterocycles. The lowest BCUT2D eigenvalue weighted by Crippen LogP contribution is -2.40. The third-order valence-corrected chi connectivity index (χ3v) is 15.0. The van der Waals surface area contributed by atoms with Gasteiger partial charge in [-0.25, -0.2) is 4.79 Å². The fourth-order valence-electron chi connectivity index (χ4n) is 9.87. The maximum absolute atomic E-state index is 12.9. The molecule has 0 aliphatic rings. The number of ether oxygens (including phenoxy) is 4. The Labute approximate surface area is 471 Å². The van der Waals surface area contributed by atoms with Crippen LogP contribution in [0.3, 0.4) is 0 Å². The van der Waals surface area contributed by atoms with Crippen LogP contribution in [0.2, 0.25) is 0 Å². The Morgan fingerprint density at radius 2 is 0.711 bits per heavy atom. The van der Waals surface area contributed by atoms with E-state index in [1.54, 1.807) is 0 Å². The fraction of sp³-hybridized carbons (Fsp3) is 0.896. The number of carbonyl (C=O) groups excluding carboxylic acids is 2. The van der Waals surface area contributed by atoms with Crippen molar-refractivity contribution in [2.24, 2.45) is 0 Å². The molecule has 0 aliphatic heterocycles. The van der Waals surface area contributed by atoms with Crippen molar-refractivity contribution >= 4 is 17.9 Å². The van der Waals surface area contributed by atoms with Gasteiger partial charge in [-0.05, 0) is 44.9 Å². The van der Waals surface area contributed by atoms with E-state index in [0.717, 1.165) is 44.9 Å². The molecule has 0 saturated carbocycles. The summed E-state index contributed by atoms with van der Waals surface area (Å²) in [6.07, 6.45) is 68.5. The van der Waals surface area contributed by atoms with Gasteiger partial charge in [0.2, 0.25) is 0 Å². The van der Waals surface area contributed by atoms with Crippen LogP contribution in [0.15, 0.2) is 24.3 Å². The number of hydrogen-bond acceptors (Lipinski definition) is 7. The van der Waals surface area contributed by atoms with Gasteiger partial charge in [0.25, 0.3) is 6.29 Å². The Morgan fingerprint density at radius 3 is 1.04 bits per heavy atom. The summed E-state index contributed by atoms with van der Waals surface area (Å²) in [4.78, 5) is 37.5. The van der Waals surface area contributed by atoms with Crippen LogP contribution in [-0.4, -0.2) is 87.4 Å². The first-order valence-electron chi connectivity index (χ1n) is 33.0. The molecule has 76 heavy (non-hydrogen) atoms. The topological polar surface area (TPSA) is 108 Å². The van der Waals surface area contributed by atoms with Crippen molar-refractivity contribution in [1.29, 1.82) is 0 Å². The minimum absolute atomic E-state index is 0.175. The maximum atomic E-state index is 12.9. The number of hydrogen-bond donors (Lipinski definition) is 1. The molecule has 0 aromatic carbocycles. The molecular formula is C67H128NO8+. The van der Waals surface area contributed by atoms with Gasteiger partial charge in [-0.3, -0.25) is 9.59 Å². The Bertz CT molecular complexity index is 1300. The second-order valence-electron chi connectivity index (χ2n) is 23.8. The van der Waals surface area contributed by atoms with Gasteiger partial charge in [0.1, 0.15) is 13.2 Å². The van der Waals surface area contributed by atoms with Crippen molar-refractivity contribution in [1.82, 2.24) is 0 Å². The van der Waals surface area contributed by atoms with Gasteiger partial charge < -0.3 is 28.5 Å². The number of esters is 2. The summed E-state index contributed by atoms with van der Waals surface area (Å²) in [6.45, 7) is 4.93. The molecule has 0 heterocycles. The average molecular weight is 1080 g/mol. The molecule has 1 N–H and O–H groups in total. The summed E-state index contributed by atoms with van der Waals surface area (Å²) in [6, 6.07) is 0. The highest BCUT2D eigenvalue weighted by Gasteiger charge is 2.25. The van der Waals surface area contributed by atoms with Crippen molar-refractivity contribution in [3.8, 4) is 0 Å². The highest BCUT2D eigenvalue weighted by atomic mass is 16.7. The van der Waals surface area contributed by atoms with Gasteiger partial charge in [-0.15, -0.1) is 0 Å². The normalized spacial score (nSPS) is 12.8. The number of allylic oxidation sites excluding steroid dienone is 4. The number of carboxylic acids is 1. The third-order valence-electron chi connectivity index (χ3n) is 15.0. The summed E-state index contributed by atoms with van der Waals surface area (Å²) in [5.41, 5.74) is 0. The summed E-state index contributed by atoms with van der Waals surface area (Å²) in [5.74, 6) is -1.98. The van der Waals surface area contributed by atoms with Crippen LogP contribution < -0.4 is 0 Å². The lowest BCUT2D eigenvalue weighted by Gasteiger charge is -2.25. The number of rotatable bonds is 62. The molecule has 9 heteroatoms. The smallest absolute Gasteiger partial charge is 0.361 e. The number of carboxylic acid groups (broad SMARTS) is 1. The lowest BCUT2D eigenvalue weighted by molar-refractivity contribution is -0.870. The Kier molecular flexibility index (Phi) is 57.2. The van der Waals surface area contributed by atoms with Gasteiger partial charge in [0.15, 0.2) is 6.10 Å². The SMILES string of the molecule is CCCCCCC/C=C\C/C=C\CCCCCCCCCCCCCCCCCCCCCC(=O)OC(COC(=O)CCCCCCCCCCCCCCCCCCCCCC)COC(OCC[N+](C)(C)C)C(=O)O. The van der Waals surface area contributed by atoms with Crippen molar-refractivity contribution in [3.05, 3.63) is 24.3 Å². The first-order chi connectivity index (χ1) is 37.1. The number of quaternary nitrogens is 1. The molecule has 0 spiro atoms. The minimum Gasteiger partial charge on any atom is -0.477 e. The average Bonchev–Trinajstić information content (AvgIpc) is 3.39. The Hall–Kier alpha value is -2.23. The molecule has 0 fully saturated rings. The number of unbranched alkanes of at least 4 members (excludes halogenated alkanes) is 43. The van der Waals surface area contributed by atoms with Crippen LogP contribution in [-0.2, 0) is 33.3 Å². The van der Waals surface area contributed by atoms with Crippen LogP contribution >= 0.6 is 0 Å². The molecule has 0 aromatic heterocycles. The Balaban J connectivity index is 4.08. The highest BCUT2D eigenvalue weighted by Crippen LogP contribution is 2.18. The van der Waals surface area contributed by atoms with E-state index in [1.807, 2.05) is 21.1 Å². The van der Waals surface area contributed by atoms with Crippen LogP contribution in [0, 0.1) is 0 Å². The van der Waals surface area contributed by atoms with E-state index in [2.05, 4.69) is 38.2 Å². The van der Waals surface area contributed by atoms with E-state index in [9.17, 15) is 19.5 Å². The first-order valence-corrected chi connectivity index (χ1v) is 33.0. The molecule has 0 aromatic rings. The zero-order chi connectivity index (χ0) is 55.5. The first kappa shape index (κ1) is 73.8. The van der Waals surface area contributed by atoms with E-state index < -0.39 is 18.4 Å². The quantitative estimate of drug-likeness (QED) is 0.0211. The van der Waals surface area contributed by atoms with Crippen molar-refractivity contribution in [2.45, 2.75) is 341 Å². The Morgan fingerprint density at radius 1 is 0.395 bits per heavy atom. The summed E-state index contributed by atoms with van der Waals surface area (Å²) >= 11 is 0. The van der Waals surface area contributed by atoms with E-state index >= 15 is 0 Å². The zero-order valence-corrected chi connectivity index (χ0v) is 51.2. The van der Waals surface area contributed by atoms with Gasteiger partial charge in [-0.1, -0.05) is 295 Å². The summed E-state index contributed by atoms with van der Waals surface area (Å²) < 4.78 is 23.0. The fourth-order valence-corrected chi connectivity index (χ4v) is 9.87. The molecular weight excluding hydrogens is 947 g/mol. The number of aliphatic carboxylic acids is 1. The van der Waals surface area contributed by atoms with Crippen LogP contribution in [0.25, 0.3) is 0 Å². The highest BCUT2D eigenvalue weighted by molar-refractivity contribution is 5.71. The largest absolute Gasteiger partial charge is 0.477 e. The molecule has 2 unspecified atom stereocenters. The number of nitrogens with zero attached hydrogens (tertiary/aromatic N) is 1. The minimum atomic E-state index is -1.51. The van der Waals surface area contributed by atoms with Gasteiger partial charge in [0, 0.05) is 12.8 Å². The molecule has 0 radical (unpaired) electrons. The van der Waals surface area contributed by atoms with Crippen molar-refractivity contribution < 1.29 is 42.9 Å². The predicted octanol–water partition coefficient (Wildman–Crippen LogP) is 19.9. The molecule has 0 amide bonds. The summed E-state index contributed by atoms with van der Waals surface area (Å²) in [5, 5.41) is 9.73. The van der Waals surface area contributed by atoms with Crippen LogP contribution in [0.1, 0.15) is 328 Å². The lowest BCUT2D eigenvalue weighted by atomic mass is 10.0. The monoisotopic (exact) mass is 1070 g/mol. The second kappa shape index (κ2) is 58.9. The molecule has 9 nitrogen and oxygen atoms in total. The molecule has 0 rings (SSSR count). The predicted molar refractivity (Wildman–Crippen MR) is 323 cm³/mol. The number of carbonyl (C=O) groups is 3. The van der Waals surface area contributed by atoms with E-state index in [1.165, 1.54) is 257 Å². The molecule has 2 atom stereocenters. The third kappa shape index (κ3) is 59.4. The van der Waals surface area contributed by atoms with Gasteiger partial charge in [-0.2, -0.15) is 0 Å². The van der Waals surface area contributed by atoms with Gasteiger partial charge in [0.05, 0.1) is 34.4 Å². The molecule has 448 valence electrons. The summed E-state index contributed by atoms with van der Waals surface area (Å²) in [7, 11) is 5.99. The van der Waals surface area contributed by atoms with E-state index in [0.29, 0.717) is 17.4 Å². The second-order valence-corrected chi connectivity index (χ2v) is 23.8. The van der Waals surface area contributed by atoms with Crippen LogP contribution in [0.4, 0.5) is 0 Å². The van der Waals surface area contributed by atoms with Crippen LogP contribution in [0.5, 0.6) is 0 Å². The van der Waals surface area contributed by atoms with E-state index in [4.69, 9.17) is 18.9 Å².